The summed E-state index contributed by atoms with van der Waals surface area (Å²) < 4.78 is 2.13. The van der Waals surface area contributed by atoms with Crippen LogP contribution in [-0.2, 0) is 6.54 Å². The molecule has 0 bridgehead atoms. The second kappa shape index (κ2) is 4.34. The molecular weight excluding hydrogens is 248 g/mol. The molecule has 0 spiro atoms. The number of nitrogens with zero attached hydrogens (tertiary/aromatic N) is 2. The van der Waals surface area contributed by atoms with Gasteiger partial charge < -0.3 is 4.31 Å². The SMILES string of the molecule is O=[N+]([O-])c1ccc2c(c1)CN(c1ccccc1)S2. The third-order valence-corrected chi connectivity index (χ3v) is 3.98. The fourth-order valence-electron chi connectivity index (χ4n) is 1.94. The number of rotatable bonds is 2. The van der Waals surface area contributed by atoms with Gasteiger partial charge in [-0.2, -0.15) is 0 Å². The maximum absolute atomic E-state index is 10.7. The van der Waals surface area contributed by atoms with Crippen LogP contribution >= 0.6 is 11.9 Å². The first-order chi connectivity index (χ1) is 8.74. The molecule has 2 aromatic rings. The number of nitro groups is 1. The van der Waals surface area contributed by atoms with Crippen LogP contribution in [0, 0.1) is 10.1 Å². The molecule has 0 aromatic heterocycles. The number of nitro benzene ring substituents is 1. The molecule has 0 saturated heterocycles. The molecule has 1 heterocycles. The maximum atomic E-state index is 10.7. The molecule has 5 heteroatoms. The highest BCUT2D eigenvalue weighted by Crippen LogP contribution is 2.40. The van der Waals surface area contributed by atoms with Crippen molar-refractivity contribution in [2.75, 3.05) is 4.31 Å². The quantitative estimate of drug-likeness (QED) is 0.469. The van der Waals surface area contributed by atoms with Gasteiger partial charge in [0.25, 0.3) is 5.69 Å². The molecule has 3 rings (SSSR count). The Kier molecular flexibility index (Phi) is 2.68. The van der Waals surface area contributed by atoms with E-state index in [1.807, 2.05) is 36.4 Å². The first-order valence-electron chi connectivity index (χ1n) is 5.52. The summed E-state index contributed by atoms with van der Waals surface area (Å²) in [5, 5.41) is 10.7. The highest BCUT2D eigenvalue weighted by molar-refractivity contribution is 8.01. The molecule has 0 aliphatic carbocycles. The van der Waals surface area contributed by atoms with E-state index in [1.165, 1.54) is 0 Å². The Labute approximate surface area is 109 Å². The highest BCUT2D eigenvalue weighted by atomic mass is 32.2. The van der Waals surface area contributed by atoms with Gasteiger partial charge in [-0.1, -0.05) is 18.2 Å². The van der Waals surface area contributed by atoms with E-state index in [9.17, 15) is 10.1 Å². The Morgan fingerprint density at radius 3 is 2.67 bits per heavy atom. The van der Waals surface area contributed by atoms with Gasteiger partial charge in [-0.3, -0.25) is 10.1 Å². The van der Waals surface area contributed by atoms with Crippen molar-refractivity contribution in [3.05, 3.63) is 64.2 Å². The van der Waals surface area contributed by atoms with Crippen LogP contribution in [0.5, 0.6) is 0 Å². The van der Waals surface area contributed by atoms with Gasteiger partial charge in [-0.05, 0) is 35.7 Å². The summed E-state index contributed by atoms with van der Waals surface area (Å²) >= 11 is 1.62. The van der Waals surface area contributed by atoms with Gasteiger partial charge in [0.15, 0.2) is 0 Å². The summed E-state index contributed by atoms with van der Waals surface area (Å²) in [6.07, 6.45) is 0. The second-order valence-corrected chi connectivity index (χ2v) is 5.08. The van der Waals surface area contributed by atoms with E-state index in [0.29, 0.717) is 6.54 Å². The minimum atomic E-state index is -0.351. The lowest BCUT2D eigenvalue weighted by molar-refractivity contribution is -0.385. The van der Waals surface area contributed by atoms with E-state index < -0.39 is 0 Å². The number of non-ortho nitro benzene ring substituents is 1. The summed E-state index contributed by atoms with van der Waals surface area (Å²) in [6.45, 7) is 0.700. The summed E-state index contributed by atoms with van der Waals surface area (Å²) in [5.41, 5.74) is 2.28. The summed E-state index contributed by atoms with van der Waals surface area (Å²) in [4.78, 5) is 11.5. The molecule has 1 aliphatic heterocycles. The van der Waals surface area contributed by atoms with Gasteiger partial charge in [0.1, 0.15) is 0 Å². The third kappa shape index (κ3) is 1.93. The van der Waals surface area contributed by atoms with Crippen LogP contribution in [0.3, 0.4) is 0 Å². The van der Waals surface area contributed by atoms with Gasteiger partial charge in [0.05, 0.1) is 11.5 Å². The van der Waals surface area contributed by atoms with Crippen molar-refractivity contribution >= 4 is 23.3 Å². The topological polar surface area (TPSA) is 46.4 Å². The van der Waals surface area contributed by atoms with E-state index >= 15 is 0 Å². The molecule has 0 radical (unpaired) electrons. The Bertz CT molecular complexity index is 601. The molecule has 0 amide bonds. The highest BCUT2D eigenvalue weighted by Gasteiger charge is 2.22. The summed E-state index contributed by atoms with van der Waals surface area (Å²) in [5.74, 6) is 0. The molecule has 90 valence electrons. The zero-order valence-electron chi connectivity index (χ0n) is 9.45. The number of para-hydroxylation sites is 1. The molecule has 4 nitrogen and oxygen atoms in total. The monoisotopic (exact) mass is 258 g/mol. The average Bonchev–Trinajstić information content (AvgIpc) is 2.82. The Hall–Kier alpha value is -2.01. The Balaban J connectivity index is 1.90. The number of hydrogen-bond acceptors (Lipinski definition) is 4. The first kappa shape index (κ1) is 11.1. The second-order valence-electron chi connectivity index (χ2n) is 4.01. The lowest BCUT2D eigenvalue weighted by Gasteiger charge is -2.15. The van der Waals surface area contributed by atoms with Gasteiger partial charge in [0.2, 0.25) is 0 Å². The predicted octanol–water partition coefficient (Wildman–Crippen LogP) is 3.62. The molecule has 2 aromatic carbocycles. The largest absolute Gasteiger partial charge is 0.308 e. The van der Waals surface area contributed by atoms with Crippen molar-refractivity contribution in [3.63, 3.8) is 0 Å². The number of hydrogen-bond donors (Lipinski definition) is 0. The van der Waals surface area contributed by atoms with Crippen molar-refractivity contribution in [2.24, 2.45) is 0 Å². The van der Waals surface area contributed by atoms with E-state index in [2.05, 4.69) is 4.31 Å². The smallest absolute Gasteiger partial charge is 0.269 e. The maximum Gasteiger partial charge on any atom is 0.269 e. The van der Waals surface area contributed by atoms with E-state index in [1.54, 1.807) is 24.1 Å². The average molecular weight is 258 g/mol. The van der Waals surface area contributed by atoms with E-state index in [-0.39, 0.29) is 10.6 Å². The van der Waals surface area contributed by atoms with Crippen LogP contribution in [0.1, 0.15) is 5.56 Å². The molecule has 1 aliphatic rings. The van der Waals surface area contributed by atoms with Crippen LogP contribution in [0.15, 0.2) is 53.4 Å². The van der Waals surface area contributed by atoms with Crippen LogP contribution in [0.2, 0.25) is 0 Å². The normalized spacial score (nSPS) is 13.4. The molecule has 0 N–H and O–H groups in total. The van der Waals surface area contributed by atoms with Gasteiger partial charge in [-0.25, -0.2) is 0 Å². The number of fused-ring (bicyclic) bond motifs is 1. The zero-order valence-corrected chi connectivity index (χ0v) is 10.3. The van der Waals surface area contributed by atoms with Gasteiger partial charge in [0, 0.05) is 22.7 Å². The van der Waals surface area contributed by atoms with Crippen molar-refractivity contribution in [1.82, 2.24) is 0 Å². The van der Waals surface area contributed by atoms with E-state index in [0.717, 1.165) is 16.1 Å². The Morgan fingerprint density at radius 2 is 1.94 bits per heavy atom. The number of anilines is 1. The third-order valence-electron chi connectivity index (χ3n) is 2.82. The van der Waals surface area contributed by atoms with Crippen LogP contribution in [0.25, 0.3) is 0 Å². The van der Waals surface area contributed by atoms with Crippen LogP contribution in [-0.4, -0.2) is 4.92 Å². The molecular formula is C13H10N2O2S. The molecule has 18 heavy (non-hydrogen) atoms. The molecule has 0 atom stereocenters. The van der Waals surface area contributed by atoms with E-state index in [4.69, 9.17) is 0 Å². The first-order valence-corrected chi connectivity index (χ1v) is 6.29. The fourth-order valence-corrected chi connectivity index (χ4v) is 2.97. The molecule has 0 fully saturated rings. The summed E-state index contributed by atoms with van der Waals surface area (Å²) in [7, 11) is 0. The summed E-state index contributed by atoms with van der Waals surface area (Å²) in [6, 6.07) is 15.1. The van der Waals surface area contributed by atoms with Crippen molar-refractivity contribution in [2.45, 2.75) is 11.4 Å². The van der Waals surface area contributed by atoms with Crippen molar-refractivity contribution in [1.29, 1.82) is 0 Å². The zero-order chi connectivity index (χ0) is 12.5. The minimum Gasteiger partial charge on any atom is -0.308 e. The Morgan fingerprint density at radius 1 is 1.17 bits per heavy atom. The predicted molar refractivity (Wildman–Crippen MR) is 71.6 cm³/mol. The standard InChI is InChI=1S/C13H10N2O2S/c16-15(17)12-6-7-13-10(8-12)9-14(18-13)11-4-2-1-3-5-11/h1-8H,9H2. The molecule has 0 unspecified atom stereocenters. The number of benzene rings is 2. The van der Waals surface area contributed by atoms with Crippen molar-refractivity contribution in [3.8, 4) is 0 Å². The van der Waals surface area contributed by atoms with Crippen LogP contribution in [0.4, 0.5) is 11.4 Å². The lowest BCUT2D eigenvalue weighted by atomic mass is 10.2. The van der Waals surface area contributed by atoms with Gasteiger partial charge in [-0.15, -0.1) is 0 Å². The van der Waals surface area contributed by atoms with Crippen molar-refractivity contribution < 1.29 is 4.92 Å². The lowest BCUT2D eigenvalue weighted by Crippen LogP contribution is -2.06. The van der Waals surface area contributed by atoms with Gasteiger partial charge >= 0.3 is 0 Å². The minimum absolute atomic E-state index is 0.157. The fraction of sp³-hybridized carbons (Fsp3) is 0.0769. The molecule has 0 saturated carbocycles. The van der Waals surface area contributed by atoms with Crippen LogP contribution < -0.4 is 4.31 Å².